The number of hydrogen-bond acceptors (Lipinski definition) is 4. The first kappa shape index (κ1) is 21.1. The normalized spacial score (nSPS) is 17.8. The zero-order chi connectivity index (χ0) is 21.1. The van der Waals surface area contributed by atoms with Crippen LogP contribution in [0.25, 0.3) is 0 Å². The third-order valence-corrected chi connectivity index (χ3v) is 7.75. The number of carbonyl (C=O) groups excluding carboxylic acids is 2. The van der Waals surface area contributed by atoms with E-state index < -0.39 is 0 Å². The second-order valence-electron chi connectivity index (χ2n) is 7.41. The van der Waals surface area contributed by atoms with Crippen LogP contribution in [0, 0.1) is 0 Å². The molecule has 0 aromatic heterocycles. The predicted molar refractivity (Wildman–Crippen MR) is 123 cm³/mol. The van der Waals surface area contributed by atoms with E-state index in [1.165, 1.54) is 0 Å². The molecule has 0 unspecified atom stereocenters. The summed E-state index contributed by atoms with van der Waals surface area (Å²) in [5, 5.41) is 2.95. The summed E-state index contributed by atoms with van der Waals surface area (Å²) >= 11 is 5.26. The fraction of sp³-hybridized carbons (Fsp3) is 0.364. The van der Waals surface area contributed by atoms with Gasteiger partial charge in [0.25, 0.3) is 5.91 Å². The van der Waals surface area contributed by atoms with Crippen molar-refractivity contribution in [3.05, 3.63) is 58.6 Å². The average molecular weight is 490 g/mol. The van der Waals surface area contributed by atoms with Gasteiger partial charge in [-0.15, -0.1) is 11.8 Å². The summed E-state index contributed by atoms with van der Waals surface area (Å²) in [5.41, 5.74) is 1.42. The molecule has 158 valence electrons. The van der Waals surface area contributed by atoms with Gasteiger partial charge in [0.1, 0.15) is 5.75 Å². The summed E-state index contributed by atoms with van der Waals surface area (Å²) in [7, 11) is 1.60. The molecule has 2 aliphatic heterocycles. The standard InChI is InChI=1S/C22H24BrN3O3S/c1-29-19-4-2-3-18(15-19)24-21(28)25-11-9-22(10-12-25)26(13-14-30-22)20(27)16-5-7-17(23)8-6-16/h2-8,15H,9-14H2,1H3,(H,24,28). The molecule has 2 heterocycles. The fourth-order valence-corrected chi connectivity index (χ4v) is 5.74. The number of hydrogen-bond donors (Lipinski definition) is 1. The smallest absolute Gasteiger partial charge is 0.321 e. The average Bonchev–Trinajstić information content (AvgIpc) is 3.17. The van der Waals surface area contributed by atoms with Crippen LogP contribution in [0.1, 0.15) is 23.2 Å². The minimum atomic E-state index is -0.225. The summed E-state index contributed by atoms with van der Waals surface area (Å²) in [4.78, 5) is 29.5. The number of anilines is 1. The maximum absolute atomic E-state index is 13.1. The highest BCUT2D eigenvalue weighted by Crippen LogP contribution is 2.44. The van der Waals surface area contributed by atoms with Crippen molar-refractivity contribution in [2.75, 3.05) is 37.8 Å². The molecule has 3 amide bonds. The van der Waals surface area contributed by atoms with Gasteiger partial charge < -0.3 is 19.9 Å². The van der Waals surface area contributed by atoms with Crippen molar-refractivity contribution < 1.29 is 14.3 Å². The quantitative estimate of drug-likeness (QED) is 0.680. The molecular weight excluding hydrogens is 466 g/mol. The lowest BCUT2D eigenvalue weighted by Gasteiger charge is -2.44. The van der Waals surface area contributed by atoms with Crippen molar-refractivity contribution in [1.82, 2.24) is 9.80 Å². The molecule has 30 heavy (non-hydrogen) atoms. The zero-order valence-corrected chi connectivity index (χ0v) is 19.2. The SMILES string of the molecule is COc1cccc(NC(=O)N2CCC3(CC2)SCCN3C(=O)c2ccc(Br)cc2)c1. The highest BCUT2D eigenvalue weighted by molar-refractivity contribution is 9.10. The number of benzene rings is 2. The van der Waals surface area contributed by atoms with E-state index in [-0.39, 0.29) is 16.8 Å². The highest BCUT2D eigenvalue weighted by atomic mass is 79.9. The molecule has 8 heteroatoms. The maximum atomic E-state index is 13.1. The summed E-state index contributed by atoms with van der Waals surface area (Å²) in [6.07, 6.45) is 1.54. The third kappa shape index (κ3) is 4.30. The van der Waals surface area contributed by atoms with Crippen LogP contribution in [0.4, 0.5) is 10.5 Å². The van der Waals surface area contributed by atoms with Crippen LogP contribution in [0.2, 0.25) is 0 Å². The first-order valence-electron chi connectivity index (χ1n) is 9.92. The molecule has 4 rings (SSSR count). The molecule has 0 saturated carbocycles. The van der Waals surface area contributed by atoms with Gasteiger partial charge in [-0.05, 0) is 49.2 Å². The molecule has 2 saturated heterocycles. The van der Waals surface area contributed by atoms with Crippen molar-refractivity contribution >= 4 is 45.3 Å². The Morgan fingerprint density at radius 3 is 2.53 bits per heavy atom. The molecule has 6 nitrogen and oxygen atoms in total. The number of piperidine rings is 1. The number of carbonyl (C=O) groups is 2. The number of rotatable bonds is 3. The maximum Gasteiger partial charge on any atom is 0.321 e. The summed E-state index contributed by atoms with van der Waals surface area (Å²) in [6, 6.07) is 14.7. The van der Waals surface area contributed by atoms with Crippen molar-refractivity contribution in [2.24, 2.45) is 0 Å². The van der Waals surface area contributed by atoms with Crippen LogP contribution in [0.3, 0.4) is 0 Å². The third-order valence-electron chi connectivity index (χ3n) is 5.67. The number of ether oxygens (including phenoxy) is 1. The van der Waals surface area contributed by atoms with Gasteiger partial charge in [0, 0.05) is 47.2 Å². The minimum Gasteiger partial charge on any atom is -0.497 e. The first-order chi connectivity index (χ1) is 14.5. The van der Waals surface area contributed by atoms with Crippen LogP contribution in [-0.2, 0) is 0 Å². The van der Waals surface area contributed by atoms with E-state index in [4.69, 9.17) is 4.74 Å². The predicted octanol–water partition coefficient (Wildman–Crippen LogP) is 4.67. The van der Waals surface area contributed by atoms with Crippen molar-refractivity contribution in [2.45, 2.75) is 17.7 Å². The van der Waals surface area contributed by atoms with E-state index in [2.05, 4.69) is 21.2 Å². The van der Waals surface area contributed by atoms with E-state index in [0.717, 1.165) is 29.6 Å². The Kier molecular flexibility index (Phi) is 6.24. The number of likely N-dealkylation sites (tertiary alicyclic amines) is 1. The Bertz CT molecular complexity index is 929. The van der Waals surface area contributed by atoms with Gasteiger partial charge in [-0.1, -0.05) is 22.0 Å². The molecule has 1 N–H and O–H groups in total. The minimum absolute atomic E-state index is 0.0711. The van der Waals surface area contributed by atoms with Crippen LogP contribution in [0.15, 0.2) is 53.0 Å². The van der Waals surface area contributed by atoms with E-state index in [1.807, 2.05) is 64.0 Å². The summed E-state index contributed by atoms with van der Waals surface area (Å²) < 4.78 is 6.17. The number of methoxy groups -OCH3 is 1. The van der Waals surface area contributed by atoms with Crippen molar-refractivity contribution in [3.63, 3.8) is 0 Å². The van der Waals surface area contributed by atoms with Gasteiger partial charge in [-0.3, -0.25) is 4.79 Å². The van der Waals surface area contributed by atoms with Crippen LogP contribution in [0.5, 0.6) is 5.75 Å². The van der Waals surface area contributed by atoms with E-state index in [0.29, 0.717) is 30.1 Å². The van der Waals surface area contributed by atoms with Gasteiger partial charge in [0.2, 0.25) is 0 Å². The topological polar surface area (TPSA) is 61.9 Å². The molecule has 0 aliphatic carbocycles. The second-order valence-corrected chi connectivity index (χ2v) is 9.78. The Balaban J connectivity index is 1.40. The van der Waals surface area contributed by atoms with Gasteiger partial charge in [0.15, 0.2) is 0 Å². The molecule has 1 spiro atoms. The Labute approximate surface area is 189 Å². The molecule has 0 radical (unpaired) electrons. The van der Waals surface area contributed by atoms with Crippen LogP contribution in [-0.4, -0.2) is 59.1 Å². The van der Waals surface area contributed by atoms with Gasteiger partial charge in [-0.2, -0.15) is 0 Å². The van der Waals surface area contributed by atoms with Gasteiger partial charge in [-0.25, -0.2) is 4.79 Å². The van der Waals surface area contributed by atoms with E-state index in [9.17, 15) is 9.59 Å². The van der Waals surface area contributed by atoms with Crippen molar-refractivity contribution in [3.8, 4) is 5.75 Å². The lowest BCUT2D eigenvalue weighted by atomic mass is 10.0. The Morgan fingerprint density at radius 2 is 1.83 bits per heavy atom. The van der Waals surface area contributed by atoms with Crippen LogP contribution >= 0.6 is 27.7 Å². The Hall–Kier alpha value is -2.19. The number of urea groups is 1. The number of halogens is 1. The zero-order valence-electron chi connectivity index (χ0n) is 16.8. The summed E-state index contributed by atoms with van der Waals surface area (Å²) in [5.74, 6) is 1.70. The van der Waals surface area contributed by atoms with Crippen molar-refractivity contribution in [1.29, 1.82) is 0 Å². The second kappa shape index (κ2) is 8.89. The highest BCUT2D eigenvalue weighted by Gasteiger charge is 2.47. The van der Waals surface area contributed by atoms with Gasteiger partial charge >= 0.3 is 6.03 Å². The lowest BCUT2D eigenvalue weighted by molar-refractivity contribution is 0.0585. The van der Waals surface area contributed by atoms with Gasteiger partial charge in [0.05, 0.1) is 12.0 Å². The lowest BCUT2D eigenvalue weighted by Crippen LogP contribution is -2.54. The largest absolute Gasteiger partial charge is 0.497 e. The molecule has 0 atom stereocenters. The molecule has 2 aromatic rings. The fourth-order valence-electron chi connectivity index (χ4n) is 4.02. The van der Waals surface area contributed by atoms with E-state index in [1.54, 1.807) is 13.2 Å². The number of amides is 3. The molecule has 2 aliphatic rings. The van der Waals surface area contributed by atoms with E-state index >= 15 is 0 Å². The molecule has 0 bridgehead atoms. The molecule has 2 aromatic carbocycles. The first-order valence-corrected chi connectivity index (χ1v) is 11.7. The Morgan fingerprint density at radius 1 is 1.10 bits per heavy atom. The number of nitrogens with one attached hydrogen (secondary N) is 1. The summed E-state index contributed by atoms with van der Waals surface area (Å²) in [6.45, 7) is 1.98. The van der Waals surface area contributed by atoms with Crippen LogP contribution < -0.4 is 10.1 Å². The number of thioether (sulfide) groups is 1. The molecular formula is C22H24BrN3O3S. The monoisotopic (exact) mass is 489 g/mol. The molecule has 2 fully saturated rings. The number of nitrogens with zero attached hydrogens (tertiary/aromatic N) is 2.